The summed E-state index contributed by atoms with van der Waals surface area (Å²) in [5.41, 5.74) is -0.696. The lowest BCUT2D eigenvalue weighted by Crippen LogP contribution is -2.55. The molecule has 0 radical (unpaired) electrons. The Morgan fingerprint density at radius 3 is 2.63 bits per heavy atom. The largest absolute Gasteiger partial charge is 0.444 e. The van der Waals surface area contributed by atoms with Crippen LogP contribution in [0.25, 0.3) is 0 Å². The molecule has 2 aliphatic heterocycles. The molecule has 0 aromatic heterocycles. The molecular formula is C19H36N4O4. The number of guanidine groups is 1. The minimum atomic E-state index is -0.479. The third-order valence-corrected chi connectivity index (χ3v) is 5.05. The maximum absolute atomic E-state index is 12.3. The van der Waals surface area contributed by atoms with E-state index in [4.69, 9.17) is 14.2 Å². The number of carbonyl (C=O) groups is 1. The zero-order valence-corrected chi connectivity index (χ0v) is 17.5. The van der Waals surface area contributed by atoms with Crippen molar-refractivity contribution in [3.8, 4) is 0 Å². The molecule has 2 fully saturated rings. The third-order valence-electron chi connectivity index (χ3n) is 5.05. The number of ether oxygens (including phenoxy) is 3. The van der Waals surface area contributed by atoms with Gasteiger partial charge in [-0.1, -0.05) is 0 Å². The molecule has 8 heteroatoms. The number of methoxy groups -OCH3 is 1. The second-order valence-electron chi connectivity index (χ2n) is 8.34. The number of carbonyl (C=O) groups excluding carboxylic acids is 1. The van der Waals surface area contributed by atoms with E-state index in [1.165, 1.54) is 0 Å². The zero-order valence-electron chi connectivity index (χ0n) is 17.5. The standard InChI is InChI=1S/C19H36N4O4/c1-18(2,3)27-17(24)23-10-6-7-15(13-23)22-16(20-4)21-14-19(25-5)8-11-26-12-9-19/h15H,6-14H2,1-5H3,(H2,20,21,22). The van der Waals surface area contributed by atoms with E-state index in [1.54, 1.807) is 19.1 Å². The lowest BCUT2D eigenvalue weighted by molar-refractivity contribution is -0.0855. The SMILES string of the molecule is CN=C(NCC1(OC)CCOCC1)NC1CCCN(C(=O)OC(C)(C)C)C1. The molecule has 0 bridgehead atoms. The van der Waals surface area contributed by atoms with E-state index >= 15 is 0 Å². The minimum Gasteiger partial charge on any atom is -0.444 e. The number of rotatable bonds is 4. The van der Waals surface area contributed by atoms with Gasteiger partial charge in [0.2, 0.25) is 0 Å². The van der Waals surface area contributed by atoms with E-state index in [-0.39, 0.29) is 17.7 Å². The maximum atomic E-state index is 12.3. The lowest BCUT2D eigenvalue weighted by atomic mass is 9.94. The summed E-state index contributed by atoms with van der Waals surface area (Å²) < 4.78 is 16.7. The van der Waals surface area contributed by atoms with Gasteiger partial charge >= 0.3 is 6.09 Å². The van der Waals surface area contributed by atoms with Gasteiger partial charge in [-0.05, 0) is 33.6 Å². The highest BCUT2D eigenvalue weighted by Crippen LogP contribution is 2.23. The Morgan fingerprint density at radius 2 is 2.04 bits per heavy atom. The predicted molar refractivity (Wildman–Crippen MR) is 105 cm³/mol. The van der Waals surface area contributed by atoms with E-state index in [9.17, 15) is 4.79 Å². The van der Waals surface area contributed by atoms with E-state index in [0.29, 0.717) is 13.1 Å². The van der Waals surface area contributed by atoms with Gasteiger partial charge in [0.1, 0.15) is 5.60 Å². The first-order chi connectivity index (χ1) is 12.8. The van der Waals surface area contributed by atoms with Crippen LogP contribution < -0.4 is 10.6 Å². The predicted octanol–water partition coefficient (Wildman–Crippen LogP) is 1.75. The van der Waals surface area contributed by atoms with Crippen molar-refractivity contribution in [3.05, 3.63) is 0 Å². The number of piperidine rings is 1. The first kappa shape index (κ1) is 21.8. The van der Waals surface area contributed by atoms with Crippen LogP contribution in [0.3, 0.4) is 0 Å². The summed E-state index contributed by atoms with van der Waals surface area (Å²) in [4.78, 5) is 18.4. The number of likely N-dealkylation sites (tertiary alicyclic amines) is 1. The van der Waals surface area contributed by atoms with Crippen molar-refractivity contribution in [2.75, 3.05) is 47.0 Å². The molecule has 2 saturated heterocycles. The summed E-state index contributed by atoms with van der Waals surface area (Å²) in [6, 6.07) is 0.144. The molecule has 0 aromatic rings. The van der Waals surface area contributed by atoms with Gasteiger partial charge in [-0.3, -0.25) is 4.99 Å². The van der Waals surface area contributed by atoms with Crippen molar-refractivity contribution in [1.29, 1.82) is 0 Å². The Morgan fingerprint density at radius 1 is 1.33 bits per heavy atom. The highest BCUT2D eigenvalue weighted by Gasteiger charge is 2.33. The number of nitrogens with one attached hydrogen (secondary N) is 2. The van der Waals surface area contributed by atoms with Crippen LogP contribution in [0.15, 0.2) is 4.99 Å². The molecule has 2 rings (SSSR count). The highest BCUT2D eigenvalue weighted by molar-refractivity contribution is 5.80. The average molecular weight is 385 g/mol. The summed E-state index contributed by atoms with van der Waals surface area (Å²) in [6.07, 6.45) is 3.40. The van der Waals surface area contributed by atoms with Gasteiger partial charge in [-0.15, -0.1) is 0 Å². The van der Waals surface area contributed by atoms with Crippen molar-refractivity contribution < 1.29 is 19.0 Å². The van der Waals surface area contributed by atoms with Gasteiger partial charge in [0, 0.05) is 65.9 Å². The summed E-state index contributed by atoms with van der Waals surface area (Å²) >= 11 is 0. The zero-order chi connectivity index (χ0) is 19.9. The fraction of sp³-hybridized carbons (Fsp3) is 0.895. The van der Waals surface area contributed by atoms with Crippen molar-refractivity contribution in [3.63, 3.8) is 0 Å². The van der Waals surface area contributed by atoms with Crippen LogP contribution >= 0.6 is 0 Å². The van der Waals surface area contributed by atoms with Crippen molar-refractivity contribution in [1.82, 2.24) is 15.5 Å². The Hall–Kier alpha value is -1.54. The van der Waals surface area contributed by atoms with Crippen molar-refractivity contribution in [2.45, 2.75) is 63.7 Å². The molecule has 2 N–H and O–H groups in total. The molecule has 1 unspecified atom stereocenters. The number of hydrogen-bond acceptors (Lipinski definition) is 5. The first-order valence-electron chi connectivity index (χ1n) is 9.85. The minimum absolute atomic E-state index is 0.144. The molecule has 0 saturated carbocycles. The molecule has 156 valence electrons. The second-order valence-corrected chi connectivity index (χ2v) is 8.34. The fourth-order valence-electron chi connectivity index (χ4n) is 3.42. The van der Waals surface area contributed by atoms with Crippen LogP contribution in [0, 0.1) is 0 Å². The Bertz CT molecular complexity index is 512. The molecule has 2 heterocycles. The smallest absolute Gasteiger partial charge is 0.410 e. The van der Waals surface area contributed by atoms with Gasteiger partial charge in [0.15, 0.2) is 5.96 Å². The Labute approximate surface area is 163 Å². The van der Waals surface area contributed by atoms with Crippen molar-refractivity contribution >= 4 is 12.1 Å². The molecule has 0 aromatic carbocycles. The molecule has 1 atom stereocenters. The van der Waals surface area contributed by atoms with Gasteiger partial charge in [-0.2, -0.15) is 0 Å². The molecule has 2 aliphatic rings. The molecule has 0 spiro atoms. The number of hydrogen-bond donors (Lipinski definition) is 2. The Balaban J connectivity index is 1.85. The average Bonchev–Trinajstić information content (AvgIpc) is 2.64. The lowest BCUT2D eigenvalue weighted by Gasteiger charge is -2.37. The van der Waals surface area contributed by atoms with Gasteiger partial charge in [-0.25, -0.2) is 4.79 Å². The molecule has 27 heavy (non-hydrogen) atoms. The summed E-state index contributed by atoms with van der Waals surface area (Å²) in [7, 11) is 3.51. The van der Waals surface area contributed by atoms with Crippen molar-refractivity contribution in [2.24, 2.45) is 4.99 Å². The van der Waals surface area contributed by atoms with E-state index in [2.05, 4.69) is 15.6 Å². The normalized spacial score (nSPS) is 23.7. The van der Waals surface area contributed by atoms with Crippen LogP contribution in [0.5, 0.6) is 0 Å². The molecule has 1 amide bonds. The monoisotopic (exact) mass is 384 g/mol. The van der Waals surface area contributed by atoms with Crippen LogP contribution in [-0.2, 0) is 14.2 Å². The van der Waals surface area contributed by atoms with Crippen LogP contribution in [-0.4, -0.2) is 81.2 Å². The van der Waals surface area contributed by atoms with Crippen LogP contribution in [0.2, 0.25) is 0 Å². The summed E-state index contributed by atoms with van der Waals surface area (Å²) in [6.45, 7) is 9.11. The molecular weight excluding hydrogens is 348 g/mol. The topological polar surface area (TPSA) is 84.4 Å². The highest BCUT2D eigenvalue weighted by atomic mass is 16.6. The second kappa shape index (κ2) is 9.59. The van der Waals surface area contributed by atoms with Gasteiger partial charge in [0.25, 0.3) is 0 Å². The molecule has 8 nitrogen and oxygen atoms in total. The van der Waals surface area contributed by atoms with Crippen LogP contribution in [0.1, 0.15) is 46.5 Å². The summed E-state index contributed by atoms with van der Waals surface area (Å²) in [5, 5.41) is 6.82. The number of nitrogens with zero attached hydrogens (tertiary/aromatic N) is 2. The number of aliphatic imine (C=N–C) groups is 1. The van der Waals surface area contributed by atoms with E-state index < -0.39 is 5.60 Å². The Kier molecular flexibility index (Phi) is 7.73. The van der Waals surface area contributed by atoms with E-state index in [1.807, 2.05) is 20.8 Å². The quantitative estimate of drug-likeness (QED) is 0.567. The van der Waals surface area contributed by atoms with Gasteiger partial charge in [0.05, 0.1) is 5.60 Å². The first-order valence-corrected chi connectivity index (χ1v) is 9.85. The molecule has 0 aliphatic carbocycles. The fourth-order valence-corrected chi connectivity index (χ4v) is 3.42. The van der Waals surface area contributed by atoms with Crippen LogP contribution in [0.4, 0.5) is 4.79 Å². The summed E-state index contributed by atoms with van der Waals surface area (Å²) in [5.74, 6) is 0.731. The maximum Gasteiger partial charge on any atom is 0.410 e. The van der Waals surface area contributed by atoms with Gasteiger partial charge < -0.3 is 29.7 Å². The third kappa shape index (κ3) is 6.84. The number of amides is 1. The van der Waals surface area contributed by atoms with E-state index in [0.717, 1.165) is 51.4 Å².